The molecular formula is C31H26Cl2N4O4Si. The highest BCUT2D eigenvalue weighted by atomic mass is 35.5. The van der Waals surface area contributed by atoms with E-state index in [4.69, 9.17) is 23.2 Å². The number of rotatable bonds is 5. The molecule has 0 amide bonds. The fourth-order valence-electron chi connectivity index (χ4n) is 5.03. The van der Waals surface area contributed by atoms with Gasteiger partial charge in [-0.2, -0.15) is 0 Å². The minimum Gasteiger partial charge on any atom is -0.356 e. The summed E-state index contributed by atoms with van der Waals surface area (Å²) >= 11 is 12.1. The summed E-state index contributed by atoms with van der Waals surface area (Å²) < 4.78 is 0. The quantitative estimate of drug-likeness (QED) is 0.114. The van der Waals surface area contributed by atoms with Gasteiger partial charge in [0.05, 0.1) is 17.9 Å². The first-order chi connectivity index (χ1) is 20.0. The van der Waals surface area contributed by atoms with E-state index in [-0.39, 0.29) is 16.3 Å². The fraction of sp³-hybridized carbons (Fsp3) is 0.0968. The van der Waals surface area contributed by atoms with Crippen molar-refractivity contribution in [2.24, 2.45) is 0 Å². The average Bonchev–Trinajstić information content (AvgIpc) is 3.55. The zero-order chi connectivity index (χ0) is 30.2. The molecule has 2 N–H and O–H groups in total. The average molecular weight is 618 g/mol. The molecule has 0 bridgehead atoms. The summed E-state index contributed by atoms with van der Waals surface area (Å²) in [4.78, 5) is 27.9. The van der Waals surface area contributed by atoms with Gasteiger partial charge in [0.1, 0.15) is 11.0 Å². The summed E-state index contributed by atoms with van der Waals surface area (Å²) in [6.07, 6.45) is 1.77. The summed E-state index contributed by atoms with van der Waals surface area (Å²) in [7, 11) is -1.74. The number of benzene rings is 4. The smallest absolute Gasteiger partial charge is 0.294 e. The third-order valence-corrected chi connectivity index (χ3v) is 9.19. The number of hydrogen-bond donors (Lipinski definition) is 2. The zero-order valence-corrected chi connectivity index (χ0v) is 25.5. The van der Waals surface area contributed by atoms with Gasteiger partial charge in [-0.05, 0) is 23.3 Å². The zero-order valence-electron chi connectivity index (χ0n) is 22.9. The van der Waals surface area contributed by atoms with Gasteiger partial charge in [0.2, 0.25) is 0 Å². The third-order valence-electron chi connectivity index (χ3n) is 6.88. The maximum Gasteiger partial charge on any atom is 0.294 e. The molecule has 4 aromatic carbocycles. The van der Waals surface area contributed by atoms with Crippen LogP contribution >= 0.6 is 23.2 Å². The second-order valence-corrected chi connectivity index (χ2v) is 16.6. The highest BCUT2D eigenvalue weighted by molar-refractivity contribution is 6.89. The lowest BCUT2D eigenvalue weighted by molar-refractivity contribution is -0.383. The largest absolute Gasteiger partial charge is 0.356 e. The number of hydrogen-bond acceptors (Lipinski definition) is 4. The van der Waals surface area contributed by atoms with Gasteiger partial charge in [-0.3, -0.25) is 20.2 Å². The van der Waals surface area contributed by atoms with Gasteiger partial charge in [0, 0.05) is 55.6 Å². The van der Waals surface area contributed by atoms with Crippen molar-refractivity contribution in [3.05, 3.63) is 121 Å². The molecule has 0 radical (unpaired) electrons. The molecule has 11 heteroatoms. The van der Waals surface area contributed by atoms with Crippen LogP contribution < -0.4 is 5.32 Å². The molecule has 6 aromatic rings. The van der Waals surface area contributed by atoms with Crippen molar-refractivity contribution in [1.82, 2.24) is 9.97 Å². The molecule has 0 aliphatic rings. The van der Waals surface area contributed by atoms with Crippen molar-refractivity contribution in [2.45, 2.75) is 19.6 Å². The third kappa shape index (κ3) is 5.67. The van der Waals surface area contributed by atoms with Gasteiger partial charge < -0.3 is 9.97 Å². The van der Waals surface area contributed by atoms with Crippen LogP contribution in [-0.4, -0.2) is 27.9 Å². The molecule has 0 spiro atoms. The maximum atomic E-state index is 11.4. The molecule has 0 aliphatic heterocycles. The van der Waals surface area contributed by atoms with E-state index in [1.54, 1.807) is 12.3 Å². The second-order valence-electron chi connectivity index (χ2n) is 10.8. The molecule has 42 heavy (non-hydrogen) atoms. The Hall–Kier alpha value is -4.44. The monoisotopic (exact) mass is 616 g/mol. The van der Waals surface area contributed by atoms with Crippen molar-refractivity contribution in [3.63, 3.8) is 0 Å². The number of aromatic nitrogens is 2. The van der Waals surface area contributed by atoms with E-state index in [9.17, 15) is 20.2 Å². The van der Waals surface area contributed by atoms with Crippen molar-refractivity contribution in [1.29, 1.82) is 0 Å². The number of nitro groups is 2. The van der Waals surface area contributed by atoms with E-state index >= 15 is 0 Å². The van der Waals surface area contributed by atoms with Crippen LogP contribution in [0.4, 0.5) is 11.4 Å². The highest BCUT2D eigenvalue weighted by Gasteiger charge is 2.28. The first-order valence-corrected chi connectivity index (χ1v) is 17.3. The lowest BCUT2D eigenvalue weighted by Gasteiger charge is -2.17. The number of fused-ring (bicyclic) bond motifs is 2. The Bertz CT molecular complexity index is 1950. The first kappa shape index (κ1) is 29.1. The first-order valence-electron chi connectivity index (χ1n) is 13.0. The number of non-ortho nitro benzene ring substituents is 2. The number of nitrogens with one attached hydrogen (secondary N) is 2. The molecule has 0 unspecified atom stereocenters. The summed E-state index contributed by atoms with van der Waals surface area (Å²) in [6.45, 7) is 6.66. The van der Waals surface area contributed by atoms with Crippen molar-refractivity contribution in [3.8, 4) is 22.3 Å². The van der Waals surface area contributed by atoms with Crippen LogP contribution in [0, 0.1) is 20.2 Å². The minimum atomic E-state index is -1.74. The van der Waals surface area contributed by atoms with Crippen LogP contribution in [0.5, 0.6) is 0 Å². The SMILES string of the molecule is C[Si](C)(C)c1[nH]c2c([N+](=O)[O-])cc(Cl)cc2c1-c1ccccc1.O=[N+]([O-])c1cc(Cl)cc2c(-c3ccccc3)c[nH]c12. The number of H-pyrrole nitrogens is 2. The normalized spacial score (nSPS) is 11.4. The van der Waals surface area contributed by atoms with Gasteiger partial charge in [-0.25, -0.2) is 0 Å². The van der Waals surface area contributed by atoms with Crippen LogP contribution in [0.15, 0.2) is 91.1 Å². The summed E-state index contributed by atoms with van der Waals surface area (Å²) in [6, 6.07) is 26.0. The standard InChI is InChI=1S/C17H17ClN2O2Si.C14H9ClN2O2/c1-23(2,3)17-15(11-7-5-4-6-8-11)13-9-12(18)10-14(20(21)22)16(13)19-17;15-10-6-11-12(9-4-2-1-3-5-9)8-16-14(11)13(7-10)17(18)19/h4-10,19H,1-3H3;1-8,16H. The molecule has 8 nitrogen and oxygen atoms in total. The minimum absolute atomic E-state index is 0.00955. The van der Waals surface area contributed by atoms with Crippen LogP contribution in [0.2, 0.25) is 29.7 Å². The Labute approximate surface area is 252 Å². The molecular weight excluding hydrogens is 591 g/mol. The van der Waals surface area contributed by atoms with Crippen molar-refractivity contribution >= 4 is 69.8 Å². The van der Waals surface area contributed by atoms with Gasteiger partial charge in [-0.1, -0.05) is 104 Å². The van der Waals surface area contributed by atoms with Gasteiger partial charge >= 0.3 is 0 Å². The topological polar surface area (TPSA) is 118 Å². The summed E-state index contributed by atoms with van der Waals surface area (Å²) in [5.41, 5.74) is 5.03. The van der Waals surface area contributed by atoms with E-state index in [1.807, 2.05) is 66.7 Å². The lowest BCUT2D eigenvalue weighted by atomic mass is 10.0. The van der Waals surface area contributed by atoms with Crippen LogP contribution in [0.1, 0.15) is 0 Å². The maximum absolute atomic E-state index is 11.4. The van der Waals surface area contributed by atoms with E-state index < -0.39 is 13.0 Å². The Balaban J connectivity index is 0.000000171. The Morgan fingerprint density at radius 2 is 1.19 bits per heavy atom. The Morgan fingerprint density at radius 3 is 1.71 bits per heavy atom. The summed E-state index contributed by atoms with van der Waals surface area (Å²) in [5, 5.41) is 25.9. The molecule has 212 valence electrons. The molecule has 2 aromatic heterocycles. The van der Waals surface area contributed by atoms with E-state index in [0.29, 0.717) is 21.1 Å². The molecule has 0 saturated carbocycles. The van der Waals surface area contributed by atoms with Crippen LogP contribution in [0.3, 0.4) is 0 Å². The van der Waals surface area contributed by atoms with E-state index in [2.05, 4.69) is 29.6 Å². The van der Waals surface area contributed by atoms with Crippen molar-refractivity contribution in [2.75, 3.05) is 0 Å². The lowest BCUT2D eigenvalue weighted by Crippen LogP contribution is -2.39. The molecule has 0 atom stereocenters. The fourth-order valence-corrected chi connectivity index (χ4v) is 6.99. The van der Waals surface area contributed by atoms with Crippen LogP contribution in [-0.2, 0) is 0 Å². The molecule has 0 aliphatic carbocycles. The van der Waals surface area contributed by atoms with Gasteiger partial charge in [0.25, 0.3) is 11.4 Å². The number of halogens is 2. The molecule has 6 rings (SSSR count). The van der Waals surface area contributed by atoms with Crippen LogP contribution in [0.25, 0.3) is 44.1 Å². The molecule has 0 saturated heterocycles. The van der Waals surface area contributed by atoms with Gasteiger partial charge in [0.15, 0.2) is 0 Å². The Morgan fingerprint density at radius 1 is 0.690 bits per heavy atom. The summed E-state index contributed by atoms with van der Waals surface area (Å²) in [5.74, 6) is 0. The number of aromatic amines is 2. The van der Waals surface area contributed by atoms with E-state index in [0.717, 1.165) is 38.3 Å². The second kappa shape index (κ2) is 11.4. The highest BCUT2D eigenvalue weighted by Crippen LogP contribution is 2.37. The number of nitrogens with zero attached hydrogens (tertiary/aromatic N) is 2. The van der Waals surface area contributed by atoms with Crippen molar-refractivity contribution < 1.29 is 9.85 Å². The number of nitro benzene ring substituents is 2. The predicted molar refractivity (Wildman–Crippen MR) is 174 cm³/mol. The molecule has 2 heterocycles. The van der Waals surface area contributed by atoms with Gasteiger partial charge in [-0.15, -0.1) is 0 Å². The Kier molecular flexibility index (Phi) is 7.92. The predicted octanol–water partition coefficient (Wildman–Crippen LogP) is 9.34. The van der Waals surface area contributed by atoms with E-state index in [1.165, 1.54) is 12.1 Å². The molecule has 0 fully saturated rings.